The van der Waals surface area contributed by atoms with Gasteiger partial charge in [-0.15, -0.1) is 0 Å². The average Bonchev–Trinajstić information content (AvgIpc) is 3.50. The first kappa shape index (κ1) is 19.6. The Balaban J connectivity index is 0.000000321. The number of nitrogens with one attached hydrogen (secondary N) is 3. The fourth-order valence-corrected chi connectivity index (χ4v) is 3.16. The van der Waals surface area contributed by atoms with Gasteiger partial charge in [0.25, 0.3) is 0 Å². The Kier molecular flexibility index (Phi) is 5.75. The van der Waals surface area contributed by atoms with E-state index < -0.39 is 0 Å². The smallest absolute Gasteiger partial charge is 0.0919 e. The minimum atomic E-state index is 0. The Labute approximate surface area is 183 Å². The van der Waals surface area contributed by atoms with Gasteiger partial charge in [-0.05, 0) is 72.8 Å². The molecule has 0 saturated carbocycles. The molecule has 6 nitrogen and oxygen atoms in total. The van der Waals surface area contributed by atoms with Crippen molar-refractivity contribution in [3.05, 3.63) is 90.0 Å². The molecule has 3 N–H and O–H groups in total. The van der Waals surface area contributed by atoms with Gasteiger partial charge in [0.1, 0.15) is 0 Å². The number of imidazole rings is 1. The molecule has 2 aliphatic heterocycles. The quantitative estimate of drug-likeness (QED) is 0.288. The second kappa shape index (κ2) is 8.78. The number of nitrogens with zero attached hydrogens (tertiary/aromatic N) is 3. The molecule has 0 spiro atoms. The Morgan fingerprint density at radius 3 is 1.43 bits per heavy atom. The van der Waals surface area contributed by atoms with Gasteiger partial charge in [-0.25, -0.2) is 15.0 Å². The fourth-order valence-electron chi connectivity index (χ4n) is 3.16. The molecule has 30 heavy (non-hydrogen) atoms. The zero-order valence-corrected chi connectivity index (χ0v) is 16.7. The standard InChI is InChI=1S/C20H14N4.C3H4N2.Cu/c1-2-14-10-16-5-6-18(23-16)12-20-8-7-19(24-20)11-17-4-3-15(22-17)9-13(1)21-14;1-2-5-3-4-1;/h1-12,21-22H;1-3H,(H,4,5);. The first-order valence-corrected chi connectivity index (χ1v) is 9.27. The van der Waals surface area contributed by atoms with Gasteiger partial charge >= 0.3 is 0 Å². The van der Waals surface area contributed by atoms with E-state index in [-0.39, 0.29) is 17.1 Å². The van der Waals surface area contributed by atoms with E-state index in [1.807, 2.05) is 42.5 Å². The van der Waals surface area contributed by atoms with Crippen LogP contribution in [0.15, 0.2) is 67.3 Å². The van der Waals surface area contributed by atoms with Gasteiger partial charge in [0.2, 0.25) is 0 Å². The summed E-state index contributed by atoms with van der Waals surface area (Å²) < 4.78 is 0. The summed E-state index contributed by atoms with van der Waals surface area (Å²) in [6.45, 7) is 0. The minimum absolute atomic E-state index is 0. The largest absolute Gasteiger partial charge is 0.355 e. The Hall–Kier alpha value is -3.67. The molecular weight excluding hydrogens is 424 g/mol. The number of H-pyrrole nitrogens is 3. The maximum Gasteiger partial charge on any atom is 0.0919 e. The van der Waals surface area contributed by atoms with Gasteiger partial charge in [-0.1, -0.05) is 0 Å². The molecule has 0 unspecified atom stereocenters. The van der Waals surface area contributed by atoms with Gasteiger partial charge in [-0.2, -0.15) is 0 Å². The van der Waals surface area contributed by atoms with Crippen LogP contribution in [0, 0.1) is 0 Å². The van der Waals surface area contributed by atoms with E-state index in [2.05, 4.69) is 60.2 Å². The topological polar surface area (TPSA) is 86.0 Å². The van der Waals surface area contributed by atoms with Crippen molar-refractivity contribution in [2.45, 2.75) is 0 Å². The predicted octanol–water partition coefficient (Wildman–Crippen LogP) is 5.06. The Morgan fingerprint density at radius 2 is 1.03 bits per heavy atom. The van der Waals surface area contributed by atoms with Gasteiger partial charge in [-0.3, -0.25) is 0 Å². The third kappa shape index (κ3) is 4.66. The van der Waals surface area contributed by atoms with E-state index in [0.717, 1.165) is 44.8 Å². The van der Waals surface area contributed by atoms with Crippen molar-refractivity contribution >= 4 is 46.4 Å². The molecule has 0 fully saturated rings. The maximum atomic E-state index is 4.62. The van der Waals surface area contributed by atoms with Crippen molar-refractivity contribution < 1.29 is 17.1 Å². The molecule has 0 atom stereocenters. The van der Waals surface area contributed by atoms with E-state index in [9.17, 15) is 0 Å². The van der Waals surface area contributed by atoms with E-state index in [1.54, 1.807) is 18.7 Å². The predicted molar refractivity (Wildman–Crippen MR) is 117 cm³/mol. The first-order valence-electron chi connectivity index (χ1n) is 9.27. The molecule has 151 valence electrons. The summed E-state index contributed by atoms with van der Waals surface area (Å²) in [7, 11) is 0. The number of rotatable bonds is 0. The molecule has 6 heterocycles. The van der Waals surface area contributed by atoms with Crippen LogP contribution in [0.1, 0.15) is 22.8 Å². The molecule has 8 bridgehead atoms. The third-order valence-electron chi connectivity index (χ3n) is 4.45. The van der Waals surface area contributed by atoms with E-state index >= 15 is 0 Å². The van der Waals surface area contributed by atoms with Crippen LogP contribution in [-0.2, 0) is 17.1 Å². The summed E-state index contributed by atoms with van der Waals surface area (Å²) in [5.41, 5.74) is 7.86. The summed E-state index contributed by atoms with van der Waals surface area (Å²) >= 11 is 0. The zero-order valence-electron chi connectivity index (χ0n) is 15.8. The van der Waals surface area contributed by atoms with Crippen molar-refractivity contribution in [1.29, 1.82) is 0 Å². The van der Waals surface area contributed by atoms with Crippen LogP contribution in [0.25, 0.3) is 46.4 Å². The molecular formula is C23H18CuN6. The maximum absolute atomic E-state index is 4.62. The molecule has 0 aromatic carbocycles. The van der Waals surface area contributed by atoms with Crippen molar-refractivity contribution in [2.24, 2.45) is 0 Å². The summed E-state index contributed by atoms with van der Waals surface area (Å²) in [6, 6.07) is 16.4. The van der Waals surface area contributed by atoms with E-state index in [1.165, 1.54) is 0 Å². The second-order valence-electron chi connectivity index (χ2n) is 6.67. The molecule has 4 aromatic rings. The van der Waals surface area contributed by atoms with Gasteiger partial charge < -0.3 is 15.0 Å². The number of hydrogen-bond donors (Lipinski definition) is 3. The Bertz CT molecular complexity index is 1250. The van der Waals surface area contributed by atoms with Crippen LogP contribution in [-0.4, -0.2) is 29.9 Å². The van der Waals surface area contributed by atoms with Crippen molar-refractivity contribution in [3.8, 4) is 0 Å². The molecule has 0 amide bonds. The molecule has 2 aliphatic rings. The molecule has 0 saturated heterocycles. The molecule has 6 rings (SSSR count). The van der Waals surface area contributed by atoms with Crippen molar-refractivity contribution in [1.82, 2.24) is 29.9 Å². The van der Waals surface area contributed by atoms with Crippen LogP contribution < -0.4 is 0 Å². The van der Waals surface area contributed by atoms with Crippen LogP contribution in [0.2, 0.25) is 0 Å². The molecule has 4 aromatic heterocycles. The van der Waals surface area contributed by atoms with E-state index in [4.69, 9.17) is 0 Å². The van der Waals surface area contributed by atoms with Crippen LogP contribution in [0.5, 0.6) is 0 Å². The van der Waals surface area contributed by atoms with Gasteiger partial charge in [0.15, 0.2) is 0 Å². The van der Waals surface area contributed by atoms with Gasteiger partial charge in [0, 0.05) is 51.5 Å². The fraction of sp³-hybridized carbons (Fsp3) is 0. The summed E-state index contributed by atoms with van der Waals surface area (Å²) in [4.78, 5) is 22.4. The summed E-state index contributed by atoms with van der Waals surface area (Å²) in [6.07, 6.45) is 13.1. The zero-order chi connectivity index (χ0) is 19.5. The number of aromatic nitrogens is 6. The number of aromatic amines is 3. The van der Waals surface area contributed by atoms with Crippen molar-refractivity contribution in [2.75, 3.05) is 0 Å². The molecule has 7 heteroatoms. The second-order valence-corrected chi connectivity index (χ2v) is 6.67. The normalized spacial score (nSPS) is 11.5. The van der Waals surface area contributed by atoms with Gasteiger partial charge in [0.05, 0.1) is 29.1 Å². The average molecular weight is 442 g/mol. The van der Waals surface area contributed by atoms with Crippen LogP contribution >= 0.6 is 0 Å². The Morgan fingerprint density at radius 1 is 0.567 bits per heavy atom. The number of fused-ring (bicyclic) bond motifs is 8. The third-order valence-corrected chi connectivity index (χ3v) is 4.45. The van der Waals surface area contributed by atoms with E-state index in [0.29, 0.717) is 0 Å². The first-order chi connectivity index (χ1) is 14.3. The monoisotopic (exact) mass is 441 g/mol. The molecule has 1 radical (unpaired) electrons. The summed E-state index contributed by atoms with van der Waals surface area (Å²) in [5, 5.41) is 0. The number of hydrogen-bond acceptors (Lipinski definition) is 3. The van der Waals surface area contributed by atoms with Crippen LogP contribution in [0.3, 0.4) is 0 Å². The van der Waals surface area contributed by atoms with Crippen LogP contribution in [0.4, 0.5) is 0 Å². The minimum Gasteiger partial charge on any atom is -0.355 e. The summed E-state index contributed by atoms with van der Waals surface area (Å²) in [5.74, 6) is 0. The molecule has 0 aliphatic carbocycles. The SMILES string of the molecule is C1=Cc2cc3ccc(cc4ccc(cc5nc(cc1n2)C=C5)[nH]4)[nH]3.[Cu].c1c[nH]cn1. The van der Waals surface area contributed by atoms with Crippen molar-refractivity contribution in [3.63, 3.8) is 0 Å².